The lowest BCUT2D eigenvalue weighted by Gasteiger charge is -2.34. The number of nitriles is 1. The zero-order valence-corrected chi connectivity index (χ0v) is 15.4. The minimum absolute atomic E-state index is 0.00668. The molecule has 0 saturated carbocycles. The maximum atomic E-state index is 12.8. The number of nitrogens with zero attached hydrogens (tertiary/aromatic N) is 3. The van der Waals surface area contributed by atoms with E-state index >= 15 is 0 Å². The monoisotopic (exact) mass is 388 g/mol. The fraction of sp³-hybridized carbons (Fsp3) is 0.235. The Bertz CT molecular complexity index is 1030. The molecule has 1 aliphatic rings. The topological polar surface area (TPSA) is 97.3 Å². The van der Waals surface area contributed by atoms with Gasteiger partial charge in [0.05, 0.1) is 16.0 Å². The minimum atomic E-state index is -3.78. The van der Waals surface area contributed by atoms with Crippen molar-refractivity contribution in [1.29, 1.82) is 5.26 Å². The fourth-order valence-electron chi connectivity index (χ4n) is 2.81. The van der Waals surface area contributed by atoms with Crippen molar-refractivity contribution in [1.82, 2.24) is 14.2 Å². The Morgan fingerprint density at radius 1 is 1.12 bits per heavy atom. The van der Waals surface area contributed by atoms with Gasteiger partial charge >= 0.3 is 0 Å². The van der Waals surface area contributed by atoms with Gasteiger partial charge in [-0.3, -0.25) is 4.79 Å². The molecule has 2 heterocycles. The first-order chi connectivity index (χ1) is 12.4. The van der Waals surface area contributed by atoms with Crippen LogP contribution in [-0.4, -0.2) is 54.7 Å². The van der Waals surface area contributed by atoms with E-state index in [1.54, 1.807) is 35.4 Å². The number of hydrogen-bond donors (Lipinski definition) is 1. The van der Waals surface area contributed by atoms with Gasteiger partial charge in [-0.15, -0.1) is 0 Å². The molecule has 0 spiro atoms. The van der Waals surface area contributed by atoms with Gasteiger partial charge in [-0.25, -0.2) is 8.42 Å². The van der Waals surface area contributed by atoms with Crippen molar-refractivity contribution in [3.05, 3.63) is 58.4 Å². The van der Waals surface area contributed by atoms with Crippen LogP contribution in [0.1, 0.15) is 15.9 Å². The molecule has 0 aliphatic carbocycles. The number of aromatic amines is 1. The predicted octanol–water partition coefficient (Wildman–Crippen LogP) is 1.76. The molecule has 1 aromatic heterocycles. The molecule has 1 fully saturated rings. The van der Waals surface area contributed by atoms with Crippen molar-refractivity contribution in [2.75, 3.05) is 26.2 Å². The highest BCUT2D eigenvalue weighted by molar-refractivity contribution is 7.89. The molecule has 134 valence electrons. The number of H-pyrrole nitrogens is 1. The third-order valence-electron chi connectivity index (χ3n) is 4.20. The Labute approximate surface area is 156 Å². The summed E-state index contributed by atoms with van der Waals surface area (Å²) >= 11 is 5.13. The van der Waals surface area contributed by atoms with E-state index in [0.29, 0.717) is 10.2 Å². The summed E-state index contributed by atoms with van der Waals surface area (Å²) in [5.41, 5.74) is 0.509. The molecule has 1 aromatic carbocycles. The van der Waals surface area contributed by atoms with E-state index in [-0.39, 0.29) is 42.5 Å². The largest absolute Gasteiger partial charge is 0.352 e. The third-order valence-corrected chi connectivity index (χ3v) is 6.49. The second kappa shape index (κ2) is 7.37. The first-order valence-electron chi connectivity index (χ1n) is 7.91. The van der Waals surface area contributed by atoms with Crippen LogP contribution < -0.4 is 0 Å². The van der Waals surface area contributed by atoms with Gasteiger partial charge in [0.1, 0.15) is 10.7 Å². The molecule has 1 amide bonds. The normalized spacial score (nSPS) is 15.4. The molecule has 0 radical (unpaired) electrons. The van der Waals surface area contributed by atoms with E-state index in [2.05, 4.69) is 4.98 Å². The number of hydrogen-bond acceptors (Lipinski definition) is 5. The van der Waals surface area contributed by atoms with Crippen LogP contribution in [-0.2, 0) is 10.0 Å². The van der Waals surface area contributed by atoms with Crippen LogP contribution in [0.25, 0.3) is 0 Å². The molecule has 1 saturated heterocycles. The Morgan fingerprint density at radius 3 is 2.46 bits per heavy atom. The number of sulfonamides is 1. The van der Waals surface area contributed by atoms with Gasteiger partial charge in [0.25, 0.3) is 5.91 Å². The maximum absolute atomic E-state index is 12.8. The van der Waals surface area contributed by atoms with E-state index in [9.17, 15) is 13.2 Å². The molecule has 26 heavy (non-hydrogen) atoms. The van der Waals surface area contributed by atoms with Gasteiger partial charge < -0.3 is 9.88 Å². The number of aromatic nitrogens is 1. The van der Waals surface area contributed by atoms with Crippen LogP contribution in [0.15, 0.2) is 47.5 Å². The smallest absolute Gasteiger partial charge is 0.256 e. The number of amides is 1. The van der Waals surface area contributed by atoms with Crippen LogP contribution in [0.2, 0.25) is 0 Å². The van der Waals surface area contributed by atoms with Crippen LogP contribution in [0.4, 0.5) is 0 Å². The van der Waals surface area contributed by atoms with E-state index in [4.69, 9.17) is 17.5 Å². The number of carbonyl (C=O) groups excluding carboxylic acids is 1. The van der Waals surface area contributed by atoms with Crippen molar-refractivity contribution in [2.45, 2.75) is 4.90 Å². The number of nitrogens with one attached hydrogen (secondary N) is 1. The molecule has 9 heteroatoms. The van der Waals surface area contributed by atoms with Crippen LogP contribution in [0.3, 0.4) is 0 Å². The number of piperazine rings is 1. The standard InChI is InChI=1S/C17H16N4O3S2/c18-12-13-4-1-2-6-15(13)26(23,24)21-10-8-20(9-11-21)17(22)14-5-3-7-19-16(14)25/h1-7H,8-11H2,(H,19,25). The van der Waals surface area contributed by atoms with E-state index < -0.39 is 10.0 Å². The van der Waals surface area contributed by atoms with Gasteiger partial charge in [0, 0.05) is 32.4 Å². The highest BCUT2D eigenvalue weighted by atomic mass is 32.2. The lowest BCUT2D eigenvalue weighted by atomic mass is 10.2. The average Bonchev–Trinajstić information content (AvgIpc) is 2.68. The van der Waals surface area contributed by atoms with Crippen molar-refractivity contribution in [3.8, 4) is 6.07 Å². The first kappa shape index (κ1) is 18.3. The molecule has 2 aromatic rings. The predicted molar refractivity (Wildman–Crippen MR) is 97.4 cm³/mol. The minimum Gasteiger partial charge on any atom is -0.352 e. The van der Waals surface area contributed by atoms with Crippen molar-refractivity contribution in [3.63, 3.8) is 0 Å². The Kier molecular flexibility index (Phi) is 5.18. The Balaban J connectivity index is 1.76. The fourth-order valence-corrected chi connectivity index (χ4v) is 4.60. The zero-order valence-electron chi connectivity index (χ0n) is 13.8. The third kappa shape index (κ3) is 3.39. The van der Waals surface area contributed by atoms with Crippen molar-refractivity contribution in [2.24, 2.45) is 0 Å². The molecule has 0 atom stereocenters. The maximum Gasteiger partial charge on any atom is 0.256 e. The summed E-state index contributed by atoms with van der Waals surface area (Å²) in [7, 11) is -3.78. The summed E-state index contributed by atoms with van der Waals surface area (Å²) in [5, 5.41) is 9.15. The lowest BCUT2D eigenvalue weighted by molar-refractivity contribution is 0.0697. The van der Waals surface area contributed by atoms with Gasteiger partial charge in [-0.2, -0.15) is 9.57 Å². The highest BCUT2D eigenvalue weighted by Crippen LogP contribution is 2.21. The number of pyridine rings is 1. The number of rotatable bonds is 3. The molecule has 0 unspecified atom stereocenters. The van der Waals surface area contributed by atoms with Gasteiger partial charge in [0.15, 0.2) is 0 Å². The highest BCUT2D eigenvalue weighted by Gasteiger charge is 2.32. The molecular weight excluding hydrogens is 372 g/mol. The number of carbonyl (C=O) groups is 1. The van der Waals surface area contributed by atoms with Crippen LogP contribution in [0.5, 0.6) is 0 Å². The lowest BCUT2D eigenvalue weighted by Crippen LogP contribution is -2.50. The summed E-state index contributed by atoms with van der Waals surface area (Å²) in [5.74, 6) is -0.221. The van der Waals surface area contributed by atoms with E-state index in [1.807, 2.05) is 6.07 Å². The quantitative estimate of drug-likeness (QED) is 0.808. The summed E-state index contributed by atoms with van der Waals surface area (Å²) in [4.78, 5) is 17.0. The average molecular weight is 388 g/mol. The van der Waals surface area contributed by atoms with E-state index in [1.165, 1.54) is 16.4 Å². The van der Waals surface area contributed by atoms with Crippen LogP contribution in [0, 0.1) is 16.0 Å². The molecule has 0 bridgehead atoms. The zero-order chi connectivity index (χ0) is 18.7. The molecule has 1 aliphatic heterocycles. The SMILES string of the molecule is N#Cc1ccccc1S(=O)(=O)N1CCN(C(=O)c2ccc[nH]c2=S)CC1. The van der Waals surface area contributed by atoms with Crippen LogP contribution >= 0.6 is 12.2 Å². The van der Waals surface area contributed by atoms with E-state index in [0.717, 1.165) is 0 Å². The first-order valence-corrected chi connectivity index (χ1v) is 9.76. The molecular formula is C17H16N4O3S2. The number of benzene rings is 1. The van der Waals surface area contributed by atoms with Gasteiger partial charge in [0.2, 0.25) is 10.0 Å². The second-order valence-corrected chi connectivity index (χ2v) is 8.03. The van der Waals surface area contributed by atoms with Gasteiger partial charge in [-0.1, -0.05) is 24.4 Å². The summed E-state index contributed by atoms with van der Waals surface area (Å²) in [6, 6.07) is 11.4. The van der Waals surface area contributed by atoms with Crippen molar-refractivity contribution < 1.29 is 13.2 Å². The molecule has 1 N–H and O–H groups in total. The summed E-state index contributed by atoms with van der Waals surface area (Å²) < 4.78 is 27.3. The molecule has 7 nitrogen and oxygen atoms in total. The molecule has 3 rings (SSSR count). The summed E-state index contributed by atoms with van der Waals surface area (Å²) in [6.07, 6.45) is 1.65. The van der Waals surface area contributed by atoms with Gasteiger partial charge in [-0.05, 0) is 24.3 Å². The second-order valence-electron chi connectivity index (χ2n) is 5.72. The summed E-state index contributed by atoms with van der Waals surface area (Å²) in [6.45, 7) is 0.848. The Hall–Kier alpha value is -2.54. The van der Waals surface area contributed by atoms with Crippen molar-refractivity contribution >= 4 is 28.1 Å². The Morgan fingerprint density at radius 2 is 1.81 bits per heavy atom.